The standard InChI is InChI=1S/C20H24N4O2/c1-21-20(25)16-8-5-9-22-19(16)24-13-17-18(14-24)26-11-10-23(17)12-15-6-3-2-4-7-15/h2-9,17-18H,10-14H2,1H3,(H,21,25). The van der Waals surface area contributed by atoms with Crippen molar-refractivity contribution in [3.63, 3.8) is 0 Å². The van der Waals surface area contributed by atoms with Crippen LogP contribution in [0.4, 0.5) is 5.82 Å². The highest BCUT2D eigenvalue weighted by atomic mass is 16.5. The first-order valence-corrected chi connectivity index (χ1v) is 9.08. The first-order valence-electron chi connectivity index (χ1n) is 9.08. The molecular formula is C20H24N4O2. The molecule has 4 rings (SSSR count). The second kappa shape index (κ2) is 7.43. The summed E-state index contributed by atoms with van der Waals surface area (Å²) in [5, 5.41) is 2.70. The molecule has 2 atom stereocenters. The third-order valence-corrected chi connectivity index (χ3v) is 5.20. The van der Waals surface area contributed by atoms with Crippen molar-refractivity contribution >= 4 is 11.7 Å². The Labute approximate surface area is 153 Å². The molecule has 3 heterocycles. The molecule has 2 aliphatic rings. The van der Waals surface area contributed by atoms with Crippen molar-refractivity contribution in [2.75, 3.05) is 38.2 Å². The summed E-state index contributed by atoms with van der Waals surface area (Å²) in [6, 6.07) is 14.5. The highest BCUT2D eigenvalue weighted by Gasteiger charge is 2.41. The van der Waals surface area contributed by atoms with Crippen molar-refractivity contribution in [1.29, 1.82) is 0 Å². The zero-order valence-electron chi connectivity index (χ0n) is 15.0. The fourth-order valence-electron chi connectivity index (χ4n) is 3.91. The lowest BCUT2D eigenvalue weighted by Crippen LogP contribution is -2.50. The molecule has 1 aromatic carbocycles. The summed E-state index contributed by atoms with van der Waals surface area (Å²) in [4.78, 5) is 21.4. The van der Waals surface area contributed by atoms with Crippen molar-refractivity contribution in [3.05, 3.63) is 59.8 Å². The maximum Gasteiger partial charge on any atom is 0.254 e. The van der Waals surface area contributed by atoms with Crippen molar-refractivity contribution in [2.24, 2.45) is 0 Å². The lowest BCUT2D eigenvalue weighted by molar-refractivity contribution is -0.0499. The van der Waals surface area contributed by atoms with E-state index >= 15 is 0 Å². The maximum atomic E-state index is 12.2. The second-order valence-electron chi connectivity index (χ2n) is 6.79. The molecule has 0 saturated carbocycles. The Morgan fingerprint density at radius 1 is 1.23 bits per heavy atom. The van der Waals surface area contributed by atoms with Gasteiger partial charge in [-0.05, 0) is 17.7 Å². The molecule has 136 valence electrons. The SMILES string of the molecule is CNC(=O)c1cccnc1N1CC2OCCN(Cc3ccccc3)C2C1. The van der Waals surface area contributed by atoms with Crippen LogP contribution in [0.5, 0.6) is 0 Å². The first-order chi connectivity index (χ1) is 12.8. The number of benzene rings is 1. The van der Waals surface area contributed by atoms with E-state index in [4.69, 9.17) is 4.74 Å². The van der Waals surface area contributed by atoms with E-state index in [2.05, 4.69) is 44.4 Å². The van der Waals surface area contributed by atoms with Gasteiger partial charge in [-0.25, -0.2) is 4.98 Å². The smallest absolute Gasteiger partial charge is 0.254 e. The van der Waals surface area contributed by atoms with Crippen molar-refractivity contribution in [3.8, 4) is 0 Å². The largest absolute Gasteiger partial charge is 0.373 e. The van der Waals surface area contributed by atoms with Gasteiger partial charge >= 0.3 is 0 Å². The molecular weight excluding hydrogens is 328 g/mol. The molecule has 1 aromatic heterocycles. The monoisotopic (exact) mass is 352 g/mol. The second-order valence-corrected chi connectivity index (χ2v) is 6.79. The number of fused-ring (bicyclic) bond motifs is 1. The van der Waals surface area contributed by atoms with Crippen LogP contribution in [-0.2, 0) is 11.3 Å². The number of hydrogen-bond acceptors (Lipinski definition) is 5. The number of pyridine rings is 1. The van der Waals surface area contributed by atoms with Crippen LogP contribution in [0.15, 0.2) is 48.7 Å². The Morgan fingerprint density at radius 3 is 2.88 bits per heavy atom. The maximum absolute atomic E-state index is 12.2. The normalized spacial score (nSPS) is 22.9. The van der Waals surface area contributed by atoms with Crippen LogP contribution >= 0.6 is 0 Å². The molecule has 2 saturated heterocycles. The van der Waals surface area contributed by atoms with E-state index in [0.717, 1.165) is 38.6 Å². The Bertz CT molecular complexity index is 767. The number of morpholine rings is 1. The number of ether oxygens (including phenoxy) is 1. The van der Waals surface area contributed by atoms with E-state index in [1.165, 1.54) is 5.56 Å². The number of aromatic nitrogens is 1. The Morgan fingerprint density at radius 2 is 2.08 bits per heavy atom. The van der Waals surface area contributed by atoms with E-state index in [0.29, 0.717) is 11.6 Å². The van der Waals surface area contributed by atoms with Crippen LogP contribution in [0.1, 0.15) is 15.9 Å². The molecule has 2 aliphatic heterocycles. The van der Waals surface area contributed by atoms with Crippen LogP contribution in [0.25, 0.3) is 0 Å². The van der Waals surface area contributed by atoms with Crippen LogP contribution < -0.4 is 10.2 Å². The zero-order chi connectivity index (χ0) is 17.9. The predicted octanol–water partition coefficient (Wildman–Crippen LogP) is 1.53. The lowest BCUT2D eigenvalue weighted by Gasteiger charge is -2.36. The van der Waals surface area contributed by atoms with E-state index < -0.39 is 0 Å². The Kier molecular flexibility index (Phi) is 4.86. The average molecular weight is 352 g/mol. The average Bonchev–Trinajstić information content (AvgIpc) is 3.13. The summed E-state index contributed by atoms with van der Waals surface area (Å²) in [6.07, 6.45) is 1.89. The molecule has 2 fully saturated rings. The molecule has 6 nitrogen and oxygen atoms in total. The minimum absolute atomic E-state index is 0.106. The van der Waals surface area contributed by atoms with Gasteiger partial charge in [0.2, 0.25) is 0 Å². The lowest BCUT2D eigenvalue weighted by atomic mass is 10.1. The number of nitrogens with one attached hydrogen (secondary N) is 1. The van der Waals surface area contributed by atoms with Gasteiger partial charge in [0.15, 0.2) is 0 Å². The summed E-state index contributed by atoms with van der Waals surface area (Å²) in [6.45, 7) is 4.17. The number of anilines is 1. The number of carbonyl (C=O) groups is 1. The van der Waals surface area contributed by atoms with Crippen molar-refractivity contribution in [1.82, 2.24) is 15.2 Å². The van der Waals surface area contributed by atoms with Gasteiger partial charge in [0, 0.05) is 39.4 Å². The molecule has 0 aliphatic carbocycles. The van der Waals surface area contributed by atoms with E-state index in [9.17, 15) is 4.79 Å². The molecule has 0 bridgehead atoms. The number of rotatable bonds is 4. The predicted molar refractivity (Wildman–Crippen MR) is 100 cm³/mol. The number of amides is 1. The van der Waals surface area contributed by atoms with Gasteiger partial charge in [0.05, 0.1) is 24.3 Å². The third-order valence-electron chi connectivity index (χ3n) is 5.20. The van der Waals surface area contributed by atoms with Crippen LogP contribution in [0.3, 0.4) is 0 Å². The number of hydrogen-bond donors (Lipinski definition) is 1. The number of carbonyl (C=O) groups excluding carboxylic acids is 1. The Balaban J connectivity index is 1.54. The van der Waals surface area contributed by atoms with Crippen molar-refractivity contribution < 1.29 is 9.53 Å². The molecule has 1 N–H and O–H groups in total. The highest BCUT2D eigenvalue weighted by Crippen LogP contribution is 2.29. The van der Waals surface area contributed by atoms with Gasteiger partial charge in [-0.1, -0.05) is 30.3 Å². The summed E-state index contributed by atoms with van der Waals surface area (Å²) in [5.74, 6) is 0.634. The fourth-order valence-corrected chi connectivity index (χ4v) is 3.91. The fraction of sp³-hybridized carbons (Fsp3) is 0.400. The van der Waals surface area contributed by atoms with Crippen LogP contribution in [0, 0.1) is 0 Å². The summed E-state index contributed by atoms with van der Waals surface area (Å²) < 4.78 is 6.04. The van der Waals surface area contributed by atoms with Gasteiger partial charge in [0.1, 0.15) is 5.82 Å². The summed E-state index contributed by atoms with van der Waals surface area (Å²) in [5.41, 5.74) is 1.93. The van der Waals surface area contributed by atoms with Gasteiger partial charge in [-0.15, -0.1) is 0 Å². The molecule has 0 radical (unpaired) electrons. The third kappa shape index (κ3) is 3.30. The Hall–Kier alpha value is -2.44. The minimum Gasteiger partial charge on any atom is -0.373 e. The molecule has 26 heavy (non-hydrogen) atoms. The first kappa shape index (κ1) is 17.0. The van der Waals surface area contributed by atoms with Gasteiger partial charge < -0.3 is 15.0 Å². The molecule has 6 heteroatoms. The van der Waals surface area contributed by atoms with E-state index in [-0.39, 0.29) is 12.0 Å². The van der Waals surface area contributed by atoms with E-state index in [1.54, 1.807) is 19.3 Å². The summed E-state index contributed by atoms with van der Waals surface area (Å²) in [7, 11) is 1.65. The molecule has 2 aromatic rings. The highest BCUT2D eigenvalue weighted by molar-refractivity contribution is 5.98. The van der Waals surface area contributed by atoms with Gasteiger partial charge in [-0.2, -0.15) is 0 Å². The van der Waals surface area contributed by atoms with Crippen LogP contribution in [0.2, 0.25) is 0 Å². The summed E-state index contributed by atoms with van der Waals surface area (Å²) >= 11 is 0. The topological polar surface area (TPSA) is 57.7 Å². The minimum atomic E-state index is -0.106. The van der Waals surface area contributed by atoms with Gasteiger partial charge in [0.25, 0.3) is 5.91 Å². The zero-order valence-corrected chi connectivity index (χ0v) is 15.0. The quantitative estimate of drug-likeness (QED) is 0.904. The molecule has 1 amide bonds. The molecule has 0 spiro atoms. The molecule has 2 unspecified atom stereocenters. The van der Waals surface area contributed by atoms with Crippen molar-refractivity contribution in [2.45, 2.75) is 18.7 Å². The number of nitrogens with zero attached hydrogens (tertiary/aromatic N) is 3. The van der Waals surface area contributed by atoms with Crippen LogP contribution in [-0.4, -0.2) is 61.2 Å². The van der Waals surface area contributed by atoms with E-state index in [1.807, 2.05) is 12.1 Å². The van der Waals surface area contributed by atoms with Gasteiger partial charge in [-0.3, -0.25) is 9.69 Å².